The molecule has 0 saturated heterocycles. The number of fused-ring (bicyclic) bond motifs is 7. The van der Waals surface area contributed by atoms with Crippen LogP contribution in [0.15, 0.2) is 226 Å². The van der Waals surface area contributed by atoms with Crippen molar-refractivity contribution < 1.29 is 0 Å². The molecule has 0 amide bonds. The van der Waals surface area contributed by atoms with Crippen molar-refractivity contribution in [3.05, 3.63) is 237 Å². The molecule has 0 aromatic heterocycles. The largest absolute Gasteiger partial charge is 0.317 e. The van der Waals surface area contributed by atoms with Crippen molar-refractivity contribution in [2.45, 2.75) is 0 Å². The first-order valence-electron chi connectivity index (χ1n) is 21.1. The van der Waals surface area contributed by atoms with Crippen LogP contribution in [0.3, 0.4) is 0 Å². The molecule has 0 saturated carbocycles. The van der Waals surface area contributed by atoms with Gasteiger partial charge in [-0.1, -0.05) is 165 Å². The maximum Gasteiger partial charge on any atom is 0.252 e. The van der Waals surface area contributed by atoms with Crippen molar-refractivity contribution >= 4 is 113 Å². The summed E-state index contributed by atoms with van der Waals surface area (Å²) in [5.74, 6) is 0. The van der Waals surface area contributed by atoms with E-state index in [-0.39, 0.29) is 6.71 Å². The molecule has 9 aromatic carbocycles. The first-order chi connectivity index (χ1) is 30.6. The minimum atomic E-state index is -0.0659. The minimum Gasteiger partial charge on any atom is -0.317 e. The summed E-state index contributed by atoms with van der Waals surface area (Å²) in [5.41, 5.74) is 14.7. The fourth-order valence-electron chi connectivity index (χ4n) is 9.62. The van der Waals surface area contributed by atoms with Gasteiger partial charge in [0, 0.05) is 51.7 Å². The van der Waals surface area contributed by atoms with E-state index in [1.807, 2.05) is 24.3 Å². The Morgan fingerprint density at radius 3 is 1.50 bits per heavy atom. The molecule has 0 radical (unpaired) electrons. The smallest absolute Gasteiger partial charge is 0.252 e. The van der Waals surface area contributed by atoms with Gasteiger partial charge >= 0.3 is 0 Å². The fraction of sp³-hybridized carbons (Fsp3) is 0. The van der Waals surface area contributed by atoms with Crippen LogP contribution in [0, 0.1) is 0 Å². The van der Waals surface area contributed by atoms with Crippen molar-refractivity contribution in [1.82, 2.24) is 0 Å². The van der Waals surface area contributed by atoms with Crippen molar-refractivity contribution in [2.24, 2.45) is 0 Å². The number of hydrogen-bond donors (Lipinski definition) is 0. The summed E-state index contributed by atoms with van der Waals surface area (Å²) in [4.78, 5) is 7.28. The number of anilines is 8. The van der Waals surface area contributed by atoms with Crippen LogP contribution in [-0.4, -0.2) is 6.71 Å². The van der Waals surface area contributed by atoms with Crippen LogP contribution in [-0.2, 0) is 0 Å². The lowest BCUT2D eigenvalue weighted by Crippen LogP contribution is -2.61. The standard InChI is InChI=1S/C58H42BN3/c1-4-7-8-18-31-60(48-25-10-9-11-26-48)51-38-56-58-57(39-51)62(50-30-28-42-19-12-13-20-43(42)33-50)55-37-47-24-17-15-22-45(47)35-53(55)59(58)52-34-44-21-14-16-23-46(44)36-54(52)61(56)49-29-27-40(5-2)41(6-3)32-49/h4-39H,1-3H2/b8-7-,31-18+. The number of nitrogens with zero attached hydrogens (tertiary/aromatic N) is 3. The Balaban J connectivity index is 1.30. The lowest BCUT2D eigenvalue weighted by Gasteiger charge is -2.45. The third-order valence-corrected chi connectivity index (χ3v) is 12.5. The number of rotatable bonds is 9. The zero-order valence-electron chi connectivity index (χ0n) is 34.3. The second kappa shape index (κ2) is 15.2. The summed E-state index contributed by atoms with van der Waals surface area (Å²) in [7, 11) is 0. The van der Waals surface area contributed by atoms with Crippen LogP contribution in [0.1, 0.15) is 11.1 Å². The first-order valence-corrected chi connectivity index (χ1v) is 21.1. The molecule has 0 spiro atoms. The van der Waals surface area contributed by atoms with Gasteiger partial charge < -0.3 is 14.7 Å². The predicted octanol–water partition coefficient (Wildman–Crippen LogP) is 13.9. The molecule has 0 N–H and O–H groups in total. The van der Waals surface area contributed by atoms with E-state index in [9.17, 15) is 0 Å². The van der Waals surface area contributed by atoms with E-state index in [2.05, 4.69) is 223 Å². The van der Waals surface area contributed by atoms with Crippen molar-refractivity contribution in [3.63, 3.8) is 0 Å². The Labute approximate surface area is 363 Å². The summed E-state index contributed by atoms with van der Waals surface area (Å²) >= 11 is 0. The van der Waals surface area contributed by atoms with E-state index in [4.69, 9.17) is 0 Å². The van der Waals surface area contributed by atoms with Gasteiger partial charge in [-0.15, -0.1) is 0 Å². The third kappa shape index (κ3) is 6.07. The Kier molecular flexibility index (Phi) is 9.06. The minimum absolute atomic E-state index is 0.0659. The summed E-state index contributed by atoms with van der Waals surface area (Å²) in [5, 5.41) is 7.24. The van der Waals surface area contributed by atoms with Crippen LogP contribution in [0.2, 0.25) is 0 Å². The van der Waals surface area contributed by atoms with E-state index in [0.29, 0.717) is 0 Å². The highest BCUT2D eigenvalue weighted by atomic mass is 15.2. The fourth-order valence-corrected chi connectivity index (χ4v) is 9.62. The maximum atomic E-state index is 4.23. The lowest BCUT2D eigenvalue weighted by atomic mass is 9.33. The van der Waals surface area contributed by atoms with Gasteiger partial charge in [0.15, 0.2) is 0 Å². The molecule has 0 unspecified atom stereocenters. The Morgan fingerprint density at radius 1 is 0.403 bits per heavy atom. The molecule has 0 aliphatic carbocycles. The maximum absolute atomic E-state index is 4.23. The zero-order valence-corrected chi connectivity index (χ0v) is 34.3. The average molecular weight is 792 g/mol. The molecule has 2 aliphatic rings. The predicted molar refractivity (Wildman–Crippen MR) is 270 cm³/mol. The normalized spacial score (nSPS) is 12.8. The van der Waals surface area contributed by atoms with Gasteiger partial charge in [0.2, 0.25) is 0 Å². The summed E-state index contributed by atoms with van der Waals surface area (Å²) in [6, 6.07) is 64.7. The van der Waals surface area contributed by atoms with Crippen LogP contribution in [0.25, 0.3) is 44.5 Å². The number of para-hydroxylation sites is 1. The van der Waals surface area contributed by atoms with Crippen molar-refractivity contribution in [3.8, 4) is 0 Å². The van der Waals surface area contributed by atoms with Crippen LogP contribution in [0.4, 0.5) is 45.5 Å². The molecular weight excluding hydrogens is 749 g/mol. The molecule has 0 fully saturated rings. The van der Waals surface area contributed by atoms with Crippen LogP contribution >= 0.6 is 0 Å². The molecule has 292 valence electrons. The topological polar surface area (TPSA) is 9.72 Å². The SMILES string of the molecule is C=C/C=C\C=C\N(c1ccccc1)c1cc2c3c(c1)N(c1ccc4ccccc4c1)c1cc4ccccc4cc1B3c1cc3ccccc3cc1N2c1ccc(C=C)c(C=C)c1. The second-order valence-electron chi connectivity index (χ2n) is 15.9. The molecule has 2 aliphatic heterocycles. The van der Waals surface area contributed by atoms with Crippen LogP contribution < -0.4 is 31.1 Å². The summed E-state index contributed by atoms with van der Waals surface area (Å²) in [6.45, 7) is 12.2. The van der Waals surface area contributed by atoms with E-state index in [1.165, 1.54) is 54.4 Å². The number of allylic oxidation sites excluding steroid dienone is 4. The van der Waals surface area contributed by atoms with Crippen molar-refractivity contribution in [1.29, 1.82) is 0 Å². The molecule has 11 rings (SSSR count). The van der Waals surface area contributed by atoms with E-state index >= 15 is 0 Å². The molecule has 3 nitrogen and oxygen atoms in total. The highest BCUT2D eigenvalue weighted by Gasteiger charge is 2.44. The third-order valence-electron chi connectivity index (χ3n) is 12.5. The highest BCUT2D eigenvalue weighted by Crippen LogP contribution is 2.48. The molecular formula is C58H42BN3. The van der Waals surface area contributed by atoms with E-state index in [1.54, 1.807) is 6.08 Å². The number of benzene rings is 9. The average Bonchev–Trinajstić information content (AvgIpc) is 3.32. The van der Waals surface area contributed by atoms with Crippen molar-refractivity contribution in [2.75, 3.05) is 14.7 Å². The Bertz CT molecular complexity index is 3340. The van der Waals surface area contributed by atoms with E-state index < -0.39 is 0 Å². The van der Waals surface area contributed by atoms with Gasteiger partial charge in [-0.3, -0.25) is 0 Å². The molecule has 2 heterocycles. The Hall–Kier alpha value is -8.08. The monoisotopic (exact) mass is 791 g/mol. The summed E-state index contributed by atoms with van der Waals surface area (Å²) < 4.78 is 0. The van der Waals surface area contributed by atoms with Gasteiger partial charge in [-0.25, -0.2) is 0 Å². The molecule has 0 atom stereocenters. The van der Waals surface area contributed by atoms with Gasteiger partial charge in [-0.2, -0.15) is 0 Å². The molecule has 4 heteroatoms. The Morgan fingerprint density at radius 2 is 0.919 bits per heavy atom. The van der Waals surface area contributed by atoms with Gasteiger partial charge in [0.25, 0.3) is 6.71 Å². The van der Waals surface area contributed by atoms with Gasteiger partial charge in [0.1, 0.15) is 0 Å². The second-order valence-corrected chi connectivity index (χ2v) is 15.9. The van der Waals surface area contributed by atoms with E-state index in [0.717, 1.165) is 50.9 Å². The number of hydrogen-bond acceptors (Lipinski definition) is 3. The molecule has 0 bridgehead atoms. The molecule has 9 aromatic rings. The molecule has 62 heavy (non-hydrogen) atoms. The zero-order chi connectivity index (χ0) is 41.7. The highest BCUT2D eigenvalue weighted by molar-refractivity contribution is 7.00. The van der Waals surface area contributed by atoms with Gasteiger partial charge in [0.05, 0.1) is 0 Å². The summed E-state index contributed by atoms with van der Waals surface area (Å²) in [6.07, 6.45) is 13.8. The van der Waals surface area contributed by atoms with Gasteiger partial charge in [-0.05, 0) is 127 Å². The van der Waals surface area contributed by atoms with Crippen LogP contribution in [0.5, 0.6) is 0 Å². The first kappa shape index (κ1) is 37.0. The quantitative estimate of drug-likeness (QED) is 0.106. The lowest BCUT2D eigenvalue weighted by molar-refractivity contribution is 1.23.